The molecule has 4 heteroatoms. The SMILES string of the molecule is CC(C)[C@@H]1OCC[NH+]1C[C@@H]1COC2(CCCCC2)O1. The lowest BCUT2D eigenvalue weighted by Crippen LogP contribution is -3.15. The van der Waals surface area contributed by atoms with E-state index in [1.807, 2.05) is 0 Å². The molecular formula is C15H28NO3+. The van der Waals surface area contributed by atoms with Crippen LogP contribution in [0.4, 0.5) is 0 Å². The Hall–Kier alpha value is -0.160. The lowest BCUT2D eigenvalue weighted by molar-refractivity contribution is -0.931. The summed E-state index contributed by atoms with van der Waals surface area (Å²) in [7, 11) is 0. The maximum Gasteiger partial charge on any atom is 0.194 e. The van der Waals surface area contributed by atoms with E-state index in [9.17, 15) is 0 Å². The van der Waals surface area contributed by atoms with E-state index >= 15 is 0 Å². The summed E-state index contributed by atoms with van der Waals surface area (Å²) in [6.07, 6.45) is 6.61. The van der Waals surface area contributed by atoms with Crippen molar-refractivity contribution in [2.45, 2.75) is 64.1 Å². The molecule has 0 bridgehead atoms. The molecule has 110 valence electrons. The Morgan fingerprint density at radius 2 is 2.00 bits per heavy atom. The van der Waals surface area contributed by atoms with E-state index in [0.29, 0.717) is 12.1 Å². The first-order valence-electron chi connectivity index (χ1n) is 7.96. The van der Waals surface area contributed by atoms with Crippen LogP contribution < -0.4 is 4.90 Å². The normalized spacial score (nSPS) is 38.4. The largest absolute Gasteiger partial charge is 0.347 e. The molecule has 0 aromatic heterocycles. The molecule has 4 nitrogen and oxygen atoms in total. The van der Waals surface area contributed by atoms with Crippen LogP contribution in [0.3, 0.4) is 0 Å². The van der Waals surface area contributed by atoms with Crippen LogP contribution in [0.5, 0.6) is 0 Å². The van der Waals surface area contributed by atoms with Gasteiger partial charge in [-0.15, -0.1) is 0 Å². The van der Waals surface area contributed by atoms with Gasteiger partial charge in [0.15, 0.2) is 12.0 Å². The molecule has 0 aromatic carbocycles. The summed E-state index contributed by atoms with van der Waals surface area (Å²) >= 11 is 0. The Balaban J connectivity index is 1.54. The molecule has 3 atom stereocenters. The van der Waals surface area contributed by atoms with Gasteiger partial charge in [-0.3, -0.25) is 0 Å². The van der Waals surface area contributed by atoms with Crippen molar-refractivity contribution in [2.75, 3.05) is 26.3 Å². The Kier molecular flexibility index (Phi) is 4.13. The first-order valence-corrected chi connectivity index (χ1v) is 7.96. The van der Waals surface area contributed by atoms with Crippen LogP contribution in [-0.2, 0) is 14.2 Å². The first kappa shape index (κ1) is 13.8. The number of rotatable bonds is 3. The smallest absolute Gasteiger partial charge is 0.194 e. The second-order valence-corrected chi connectivity index (χ2v) is 6.67. The predicted octanol–water partition coefficient (Wildman–Crippen LogP) is 0.959. The average molecular weight is 270 g/mol. The van der Waals surface area contributed by atoms with Crippen molar-refractivity contribution >= 4 is 0 Å². The van der Waals surface area contributed by atoms with Crippen LogP contribution in [0.15, 0.2) is 0 Å². The molecule has 2 saturated heterocycles. The summed E-state index contributed by atoms with van der Waals surface area (Å²) in [5, 5.41) is 0. The van der Waals surface area contributed by atoms with Gasteiger partial charge < -0.3 is 19.1 Å². The maximum absolute atomic E-state index is 6.28. The summed E-state index contributed by atoms with van der Waals surface area (Å²) in [6, 6.07) is 0. The van der Waals surface area contributed by atoms with Crippen molar-refractivity contribution in [2.24, 2.45) is 5.92 Å². The number of hydrogen-bond acceptors (Lipinski definition) is 3. The monoisotopic (exact) mass is 270 g/mol. The Bertz CT molecular complexity index is 302. The molecule has 0 radical (unpaired) electrons. The van der Waals surface area contributed by atoms with Crippen LogP contribution in [0.1, 0.15) is 46.0 Å². The molecule has 1 aliphatic carbocycles. The second kappa shape index (κ2) is 5.68. The molecule has 1 spiro atoms. The molecule has 0 aromatic rings. The van der Waals surface area contributed by atoms with E-state index in [-0.39, 0.29) is 11.9 Å². The molecule has 3 fully saturated rings. The van der Waals surface area contributed by atoms with Gasteiger partial charge in [-0.05, 0) is 12.8 Å². The van der Waals surface area contributed by atoms with E-state index in [2.05, 4.69) is 13.8 Å². The van der Waals surface area contributed by atoms with Crippen molar-refractivity contribution in [1.29, 1.82) is 0 Å². The summed E-state index contributed by atoms with van der Waals surface area (Å²) in [5.74, 6) is 0.347. The summed E-state index contributed by atoms with van der Waals surface area (Å²) < 4.78 is 18.1. The fourth-order valence-electron chi connectivity index (χ4n) is 3.82. The summed E-state index contributed by atoms with van der Waals surface area (Å²) in [4.78, 5) is 1.54. The highest BCUT2D eigenvalue weighted by molar-refractivity contribution is 4.82. The number of ether oxygens (including phenoxy) is 3. The van der Waals surface area contributed by atoms with Crippen molar-refractivity contribution in [3.05, 3.63) is 0 Å². The number of hydrogen-bond donors (Lipinski definition) is 1. The van der Waals surface area contributed by atoms with Gasteiger partial charge in [0.25, 0.3) is 0 Å². The van der Waals surface area contributed by atoms with Crippen molar-refractivity contribution in [3.8, 4) is 0 Å². The molecule has 1 N–H and O–H groups in total. The van der Waals surface area contributed by atoms with Gasteiger partial charge in [0.2, 0.25) is 0 Å². The minimum atomic E-state index is -0.226. The molecule has 2 heterocycles. The van der Waals surface area contributed by atoms with E-state index in [0.717, 1.165) is 39.1 Å². The van der Waals surface area contributed by atoms with Gasteiger partial charge in [0.1, 0.15) is 25.8 Å². The van der Waals surface area contributed by atoms with E-state index in [1.54, 1.807) is 0 Å². The first-order chi connectivity index (χ1) is 9.19. The Labute approximate surface area is 116 Å². The zero-order valence-corrected chi connectivity index (χ0v) is 12.3. The lowest BCUT2D eigenvalue weighted by Gasteiger charge is -2.32. The van der Waals surface area contributed by atoms with Crippen molar-refractivity contribution in [3.63, 3.8) is 0 Å². The van der Waals surface area contributed by atoms with Crippen LogP contribution in [0, 0.1) is 5.92 Å². The van der Waals surface area contributed by atoms with Crippen LogP contribution >= 0.6 is 0 Å². The number of nitrogens with one attached hydrogen (secondary N) is 1. The summed E-state index contributed by atoms with van der Waals surface area (Å²) in [5.41, 5.74) is 0. The zero-order chi connectivity index (χ0) is 13.3. The van der Waals surface area contributed by atoms with Gasteiger partial charge in [0, 0.05) is 18.8 Å². The van der Waals surface area contributed by atoms with Gasteiger partial charge in [-0.2, -0.15) is 0 Å². The Morgan fingerprint density at radius 1 is 1.21 bits per heavy atom. The Morgan fingerprint density at radius 3 is 2.74 bits per heavy atom. The van der Waals surface area contributed by atoms with E-state index in [1.165, 1.54) is 24.2 Å². The molecule has 1 saturated carbocycles. The standard InChI is InChI=1S/C15H27NO3/c1-12(2)14-16(8-9-17-14)10-13-11-18-15(19-13)6-4-3-5-7-15/h12-14H,3-11H2,1-2H3/p+1/t13-,14+/m1/s1. The summed E-state index contributed by atoms with van der Waals surface area (Å²) in [6.45, 7) is 8.28. The zero-order valence-electron chi connectivity index (χ0n) is 12.3. The van der Waals surface area contributed by atoms with Gasteiger partial charge in [-0.25, -0.2) is 0 Å². The highest BCUT2D eigenvalue weighted by Gasteiger charge is 2.45. The number of quaternary nitrogens is 1. The van der Waals surface area contributed by atoms with Crippen LogP contribution in [0.2, 0.25) is 0 Å². The third kappa shape index (κ3) is 2.97. The molecule has 3 aliphatic rings. The van der Waals surface area contributed by atoms with Gasteiger partial charge in [0.05, 0.1) is 6.61 Å². The third-order valence-electron chi connectivity index (χ3n) is 4.75. The highest BCUT2D eigenvalue weighted by Crippen LogP contribution is 2.37. The minimum absolute atomic E-state index is 0.226. The molecule has 3 rings (SSSR count). The van der Waals surface area contributed by atoms with Crippen molar-refractivity contribution < 1.29 is 19.1 Å². The molecular weight excluding hydrogens is 242 g/mol. The molecule has 1 unspecified atom stereocenters. The molecule has 2 aliphatic heterocycles. The van der Waals surface area contributed by atoms with E-state index in [4.69, 9.17) is 14.2 Å². The third-order valence-corrected chi connectivity index (χ3v) is 4.75. The highest BCUT2D eigenvalue weighted by atomic mass is 16.7. The predicted molar refractivity (Wildman–Crippen MR) is 71.9 cm³/mol. The topological polar surface area (TPSA) is 32.1 Å². The quantitative estimate of drug-likeness (QED) is 0.829. The fraction of sp³-hybridized carbons (Fsp3) is 1.00. The van der Waals surface area contributed by atoms with Gasteiger partial charge in [-0.1, -0.05) is 20.3 Å². The minimum Gasteiger partial charge on any atom is -0.347 e. The van der Waals surface area contributed by atoms with Crippen LogP contribution in [0.25, 0.3) is 0 Å². The molecule has 19 heavy (non-hydrogen) atoms. The van der Waals surface area contributed by atoms with Crippen LogP contribution in [-0.4, -0.2) is 44.4 Å². The van der Waals surface area contributed by atoms with Crippen molar-refractivity contribution in [1.82, 2.24) is 0 Å². The average Bonchev–Trinajstić information content (AvgIpc) is 2.99. The lowest BCUT2D eigenvalue weighted by atomic mass is 9.94. The van der Waals surface area contributed by atoms with Gasteiger partial charge >= 0.3 is 0 Å². The second-order valence-electron chi connectivity index (χ2n) is 6.67. The maximum atomic E-state index is 6.28. The molecule has 0 amide bonds. The fourth-order valence-corrected chi connectivity index (χ4v) is 3.82. The van der Waals surface area contributed by atoms with E-state index < -0.39 is 0 Å².